The van der Waals surface area contributed by atoms with Crippen LogP contribution in [0, 0.1) is 6.92 Å². The predicted molar refractivity (Wildman–Crippen MR) is 112 cm³/mol. The molecular formula is C20H20N6O2S. The Labute approximate surface area is 173 Å². The second-order valence-corrected chi connectivity index (χ2v) is 7.17. The Morgan fingerprint density at radius 2 is 2.10 bits per heavy atom. The number of hydrogen-bond donors (Lipinski definition) is 1. The standard InChI is InChI=1S/C20H20N6O2S/c1-13-6-3-4-7-14(13)10-26-12-22-17(24-26)19(27)23-15-11-28-16-8-5-9-21-18(16)25(2)20(15)29/h3-9,12,15H,10-11H2,1-2H3,(H,23,27). The van der Waals surface area contributed by atoms with Crippen LogP contribution in [0.15, 0.2) is 48.9 Å². The molecule has 148 valence electrons. The maximum Gasteiger partial charge on any atom is 0.291 e. The van der Waals surface area contributed by atoms with E-state index in [-0.39, 0.29) is 12.4 Å². The Morgan fingerprint density at radius 1 is 1.28 bits per heavy atom. The maximum absolute atomic E-state index is 12.7. The minimum Gasteiger partial charge on any atom is -0.487 e. The predicted octanol–water partition coefficient (Wildman–Crippen LogP) is 1.98. The number of pyridine rings is 1. The highest BCUT2D eigenvalue weighted by Gasteiger charge is 2.29. The molecule has 8 nitrogen and oxygen atoms in total. The van der Waals surface area contributed by atoms with E-state index in [2.05, 4.69) is 20.4 Å². The van der Waals surface area contributed by atoms with Crippen molar-refractivity contribution in [1.29, 1.82) is 0 Å². The van der Waals surface area contributed by atoms with Crippen LogP contribution in [0.25, 0.3) is 0 Å². The molecule has 3 aromatic rings. The SMILES string of the molecule is Cc1ccccc1Cn1cnc(C(=O)NC2COc3cccnc3N(C)C2=S)n1. The van der Waals surface area contributed by atoms with Crippen molar-refractivity contribution in [2.75, 3.05) is 18.6 Å². The highest BCUT2D eigenvalue weighted by atomic mass is 32.1. The molecule has 0 spiro atoms. The van der Waals surface area contributed by atoms with Crippen molar-refractivity contribution in [3.05, 3.63) is 65.9 Å². The van der Waals surface area contributed by atoms with E-state index in [1.54, 1.807) is 35.2 Å². The Morgan fingerprint density at radius 3 is 2.93 bits per heavy atom. The van der Waals surface area contributed by atoms with Gasteiger partial charge in [0.15, 0.2) is 11.6 Å². The van der Waals surface area contributed by atoms with Crippen LogP contribution < -0.4 is 15.0 Å². The molecule has 1 amide bonds. The first-order valence-electron chi connectivity index (χ1n) is 9.13. The number of hydrogen-bond acceptors (Lipinski definition) is 6. The molecule has 0 aliphatic carbocycles. The van der Waals surface area contributed by atoms with E-state index in [4.69, 9.17) is 17.0 Å². The van der Waals surface area contributed by atoms with Crippen molar-refractivity contribution in [2.24, 2.45) is 0 Å². The minimum absolute atomic E-state index is 0.0870. The third kappa shape index (κ3) is 3.95. The van der Waals surface area contributed by atoms with Crippen LogP contribution in [0.2, 0.25) is 0 Å². The van der Waals surface area contributed by atoms with Gasteiger partial charge in [-0.3, -0.25) is 4.79 Å². The van der Waals surface area contributed by atoms with Crippen LogP contribution in [0.1, 0.15) is 21.7 Å². The fourth-order valence-corrected chi connectivity index (χ4v) is 3.31. The average Bonchev–Trinajstić information content (AvgIpc) is 3.16. The first kappa shape index (κ1) is 19.0. The molecule has 0 fully saturated rings. The molecule has 2 aromatic heterocycles. The summed E-state index contributed by atoms with van der Waals surface area (Å²) in [5.41, 5.74) is 2.28. The van der Waals surface area contributed by atoms with Crippen LogP contribution in [-0.4, -0.2) is 50.3 Å². The van der Waals surface area contributed by atoms with Crippen molar-refractivity contribution in [1.82, 2.24) is 25.1 Å². The number of nitrogens with one attached hydrogen (secondary N) is 1. The van der Waals surface area contributed by atoms with Crippen LogP contribution in [0.5, 0.6) is 5.75 Å². The molecular weight excluding hydrogens is 388 g/mol. The van der Waals surface area contributed by atoms with Gasteiger partial charge >= 0.3 is 0 Å². The van der Waals surface area contributed by atoms with Crippen LogP contribution in [0.4, 0.5) is 5.82 Å². The number of nitrogens with zero attached hydrogens (tertiary/aromatic N) is 5. The van der Waals surface area contributed by atoms with Gasteiger partial charge in [-0.15, -0.1) is 5.10 Å². The molecule has 1 unspecified atom stereocenters. The number of fused-ring (bicyclic) bond motifs is 1. The number of amides is 1. The van der Waals surface area contributed by atoms with Gasteiger partial charge in [-0.25, -0.2) is 14.6 Å². The van der Waals surface area contributed by atoms with Crippen LogP contribution in [-0.2, 0) is 6.54 Å². The number of anilines is 1. The van der Waals surface area contributed by atoms with Crippen LogP contribution >= 0.6 is 12.2 Å². The van der Waals surface area contributed by atoms with Gasteiger partial charge in [0.25, 0.3) is 5.91 Å². The number of rotatable bonds is 4. The molecule has 3 heterocycles. The van der Waals surface area contributed by atoms with E-state index in [9.17, 15) is 4.79 Å². The molecule has 0 bridgehead atoms. The van der Waals surface area contributed by atoms with Gasteiger partial charge < -0.3 is 15.0 Å². The molecule has 9 heteroatoms. The smallest absolute Gasteiger partial charge is 0.291 e. The number of carbonyl (C=O) groups is 1. The number of thiocarbonyl (C=S) groups is 1. The van der Waals surface area contributed by atoms with Gasteiger partial charge in [-0.2, -0.15) is 0 Å². The molecule has 1 N–H and O–H groups in total. The third-order valence-corrected chi connectivity index (χ3v) is 5.30. The summed E-state index contributed by atoms with van der Waals surface area (Å²) in [6, 6.07) is 11.1. The van der Waals surface area contributed by atoms with Crippen molar-refractivity contribution < 1.29 is 9.53 Å². The Kier molecular flexibility index (Phi) is 5.22. The lowest BCUT2D eigenvalue weighted by molar-refractivity contribution is 0.0927. The number of carbonyl (C=O) groups excluding carboxylic acids is 1. The average molecular weight is 408 g/mol. The molecule has 29 heavy (non-hydrogen) atoms. The molecule has 0 saturated heterocycles. The second-order valence-electron chi connectivity index (χ2n) is 6.75. The summed E-state index contributed by atoms with van der Waals surface area (Å²) in [5, 5.41) is 7.17. The normalized spacial score (nSPS) is 16.0. The lowest BCUT2D eigenvalue weighted by Gasteiger charge is -2.22. The maximum atomic E-state index is 12.7. The van der Waals surface area contributed by atoms with E-state index in [1.165, 1.54) is 0 Å². The van der Waals surface area contributed by atoms with Gasteiger partial charge in [0.1, 0.15) is 24.0 Å². The Balaban J connectivity index is 1.45. The summed E-state index contributed by atoms with van der Waals surface area (Å²) in [6.45, 7) is 2.79. The Hall–Kier alpha value is -3.33. The van der Waals surface area contributed by atoms with Crippen molar-refractivity contribution in [3.63, 3.8) is 0 Å². The van der Waals surface area contributed by atoms with Gasteiger partial charge in [-0.05, 0) is 30.2 Å². The lowest BCUT2D eigenvalue weighted by Crippen LogP contribution is -2.48. The van der Waals surface area contributed by atoms with Crippen molar-refractivity contribution in [2.45, 2.75) is 19.5 Å². The summed E-state index contributed by atoms with van der Waals surface area (Å²) in [7, 11) is 1.80. The molecule has 1 aliphatic rings. The lowest BCUT2D eigenvalue weighted by atomic mass is 10.1. The molecule has 0 radical (unpaired) electrons. The number of aromatic nitrogens is 4. The fraction of sp³-hybridized carbons (Fsp3) is 0.250. The van der Waals surface area contributed by atoms with E-state index in [1.807, 2.05) is 37.3 Å². The van der Waals surface area contributed by atoms with E-state index < -0.39 is 11.9 Å². The van der Waals surface area contributed by atoms with E-state index in [0.717, 1.165) is 11.1 Å². The Bertz CT molecular complexity index is 1070. The largest absolute Gasteiger partial charge is 0.487 e. The number of aryl methyl sites for hydroxylation is 1. The van der Waals surface area contributed by atoms with Gasteiger partial charge in [0.2, 0.25) is 5.82 Å². The zero-order chi connectivity index (χ0) is 20.4. The number of ether oxygens (including phenoxy) is 1. The highest BCUT2D eigenvalue weighted by Crippen LogP contribution is 2.27. The zero-order valence-electron chi connectivity index (χ0n) is 16.1. The monoisotopic (exact) mass is 408 g/mol. The zero-order valence-corrected chi connectivity index (χ0v) is 16.9. The third-order valence-electron chi connectivity index (χ3n) is 4.74. The van der Waals surface area contributed by atoms with E-state index >= 15 is 0 Å². The fourth-order valence-electron chi connectivity index (χ4n) is 3.09. The minimum atomic E-state index is -0.500. The quantitative estimate of drug-likeness (QED) is 0.661. The van der Waals surface area contributed by atoms with Gasteiger partial charge in [0, 0.05) is 13.2 Å². The highest BCUT2D eigenvalue weighted by molar-refractivity contribution is 7.80. The summed E-state index contributed by atoms with van der Waals surface area (Å²) in [5.74, 6) is 0.922. The van der Waals surface area contributed by atoms with Crippen molar-refractivity contribution >= 4 is 28.9 Å². The summed E-state index contributed by atoms with van der Waals surface area (Å²) >= 11 is 5.53. The van der Waals surface area contributed by atoms with Gasteiger partial charge in [0.05, 0.1) is 6.54 Å². The molecule has 1 aromatic carbocycles. The topological polar surface area (TPSA) is 85.2 Å². The van der Waals surface area contributed by atoms with Gasteiger partial charge in [-0.1, -0.05) is 36.5 Å². The number of likely N-dealkylation sites (N-methyl/N-ethyl adjacent to an activating group) is 1. The summed E-state index contributed by atoms with van der Waals surface area (Å²) in [6.07, 6.45) is 3.22. The number of benzene rings is 1. The molecule has 0 saturated carbocycles. The first-order valence-corrected chi connectivity index (χ1v) is 9.54. The summed E-state index contributed by atoms with van der Waals surface area (Å²) < 4.78 is 7.43. The first-order chi connectivity index (χ1) is 14.0. The molecule has 1 aliphatic heterocycles. The summed E-state index contributed by atoms with van der Waals surface area (Å²) in [4.78, 5) is 23.4. The van der Waals surface area contributed by atoms with Crippen LogP contribution in [0.3, 0.4) is 0 Å². The van der Waals surface area contributed by atoms with E-state index in [0.29, 0.717) is 23.1 Å². The second kappa shape index (κ2) is 7.96. The molecule has 1 atom stereocenters. The molecule has 4 rings (SSSR count). The van der Waals surface area contributed by atoms with Crippen molar-refractivity contribution in [3.8, 4) is 5.75 Å².